The van der Waals surface area contributed by atoms with Gasteiger partial charge in [0, 0.05) is 24.2 Å². The molecule has 3 aromatic carbocycles. The lowest BCUT2D eigenvalue weighted by molar-refractivity contribution is 0.0646. The van der Waals surface area contributed by atoms with E-state index in [4.69, 9.17) is 14.2 Å². The number of benzene rings is 3. The van der Waals surface area contributed by atoms with Gasteiger partial charge in [-0.25, -0.2) is 5.01 Å². The second-order valence-electron chi connectivity index (χ2n) is 9.41. The average Bonchev–Trinajstić information content (AvgIpc) is 3.24. The molecule has 0 bridgehead atoms. The Bertz CT molecular complexity index is 1410. The Labute approximate surface area is 232 Å². The van der Waals surface area contributed by atoms with Crippen LogP contribution in [0.25, 0.3) is 0 Å². The summed E-state index contributed by atoms with van der Waals surface area (Å²) in [4.78, 5) is 39.4. The summed E-state index contributed by atoms with van der Waals surface area (Å²) in [6, 6.07) is 19.4. The van der Waals surface area contributed by atoms with Crippen molar-refractivity contribution in [3.63, 3.8) is 0 Å². The first kappa shape index (κ1) is 26.9. The minimum atomic E-state index is -0.270. The van der Waals surface area contributed by atoms with Crippen molar-refractivity contribution in [2.75, 3.05) is 33.4 Å². The van der Waals surface area contributed by atoms with Crippen molar-refractivity contribution >= 4 is 23.4 Å². The van der Waals surface area contributed by atoms with E-state index in [1.807, 2.05) is 25.1 Å². The number of methoxy groups -OCH3 is 1. The number of nitrogens with zero attached hydrogens (tertiary/aromatic N) is 3. The minimum Gasteiger partial charge on any atom is -0.494 e. The molecule has 9 heteroatoms. The fraction of sp³-hybridized carbons (Fsp3) is 0.290. The molecule has 0 saturated heterocycles. The number of imide groups is 1. The Morgan fingerprint density at radius 2 is 1.65 bits per heavy atom. The molecule has 0 N–H and O–H groups in total. The zero-order chi connectivity index (χ0) is 28.1. The molecular weight excluding hydrogens is 510 g/mol. The van der Waals surface area contributed by atoms with Crippen LogP contribution in [0, 0.1) is 0 Å². The maximum atomic E-state index is 13.2. The van der Waals surface area contributed by atoms with Crippen molar-refractivity contribution in [3.8, 4) is 17.2 Å². The quantitative estimate of drug-likeness (QED) is 0.270. The molecular formula is C31H31N3O6. The molecule has 0 atom stereocenters. The highest BCUT2D eigenvalue weighted by molar-refractivity contribution is 6.21. The smallest absolute Gasteiger partial charge is 0.273 e. The lowest BCUT2D eigenvalue weighted by Crippen LogP contribution is -2.32. The van der Waals surface area contributed by atoms with E-state index >= 15 is 0 Å². The summed E-state index contributed by atoms with van der Waals surface area (Å²) in [5.74, 6) is 1.17. The van der Waals surface area contributed by atoms with Crippen LogP contribution in [0.5, 0.6) is 17.2 Å². The monoisotopic (exact) mass is 541 g/mol. The van der Waals surface area contributed by atoms with Gasteiger partial charge in [-0.05, 0) is 80.8 Å². The van der Waals surface area contributed by atoms with Gasteiger partial charge in [-0.1, -0.05) is 12.1 Å². The van der Waals surface area contributed by atoms with Crippen LogP contribution >= 0.6 is 0 Å². The third kappa shape index (κ3) is 5.54. The number of hydrogen-bond acceptors (Lipinski definition) is 7. The van der Waals surface area contributed by atoms with E-state index in [-0.39, 0.29) is 24.3 Å². The predicted molar refractivity (Wildman–Crippen MR) is 149 cm³/mol. The van der Waals surface area contributed by atoms with Gasteiger partial charge >= 0.3 is 0 Å². The topological polar surface area (TPSA) is 97.7 Å². The maximum absolute atomic E-state index is 13.2. The van der Waals surface area contributed by atoms with E-state index < -0.39 is 0 Å². The number of hydrogen-bond donors (Lipinski definition) is 0. The van der Waals surface area contributed by atoms with Crippen LogP contribution in [0.2, 0.25) is 0 Å². The number of carbonyl (C=O) groups excluding carboxylic acids is 3. The van der Waals surface area contributed by atoms with Crippen molar-refractivity contribution in [2.45, 2.75) is 26.2 Å². The van der Waals surface area contributed by atoms with E-state index in [0.717, 1.165) is 24.1 Å². The molecule has 2 aliphatic heterocycles. The fourth-order valence-corrected chi connectivity index (χ4v) is 4.81. The van der Waals surface area contributed by atoms with Gasteiger partial charge in [0.05, 0.1) is 37.2 Å². The summed E-state index contributed by atoms with van der Waals surface area (Å²) in [6.07, 6.45) is 2.05. The number of carbonyl (C=O) groups is 3. The van der Waals surface area contributed by atoms with E-state index in [1.54, 1.807) is 55.6 Å². The molecule has 206 valence electrons. The molecule has 2 heterocycles. The summed E-state index contributed by atoms with van der Waals surface area (Å²) in [5, 5.41) is 6.15. The Kier molecular flexibility index (Phi) is 8.10. The van der Waals surface area contributed by atoms with Gasteiger partial charge in [-0.3, -0.25) is 19.3 Å². The zero-order valence-electron chi connectivity index (χ0n) is 22.6. The van der Waals surface area contributed by atoms with Crippen molar-refractivity contribution in [2.24, 2.45) is 5.10 Å². The van der Waals surface area contributed by atoms with Crippen LogP contribution in [-0.4, -0.2) is 66.8 Å². The first-order chi connectivity index (χ1) is 19.5. The lowest BCUT2D eigenvalue weighted by Gasteiger charge is -2.24. The number of hydrazone groups is 1. The molecule has 5 rings (SSSR count). The van der Waals surface area contributed by atoms with Crippen molar-refractivity contribution < 1.29 is 28.6 Å². The summed E-state index contributed by atoms with van der Waals surface area (Å²) >= 11 is 0. The second-order valence-corrected chi connectivity index (χ2v) is 9.41. The molecule has 0 saturated carbocycles. The highest BCUT2D eigenvalue weighted by Gasteiger charge is 2.34. The number of amides is 3. The molecule has 0 spiro atoms. The molecule has 40 heavy (non-hydrogen) atoms. The number of ether oxygens (including phenoxy) is 3. The predicted octanol–water partition coefficient (Wildman–Crippen LogP) is 4.80. The Morgan fingerprint density at radius 3 is 2.33 bits per heavy atom. The molecule has 0 aliphatic carbocycles. The van der Waals surface area contributed by atoms with Crippen LogP contribution < -0.4 is 14.2 Å². The summed E-state index contributed by atoms with van der Waals surface area (Å²) in [6.45, 7) is 3.57. The van der Waals surface area contributed by atoms with Gasteiger partial charge in [0.25, 0.3) is 17.7 Å². The minimum absolute atomic E-state index is 0.187. The molecule has 3 amide bonds. The average molecular weight is 542 g/mol. The summed E-state index contributed by atoms with van der Waals surface area (Å²) in [7, 11) is 1.60. The molecule has 3 aromatic rings. The third-order valence-electron chi connectivity index (χ3n) is 6.83. The first-order valence-corrected chi connectivity index (χ1v) is 13.4. The molecule has 2 aliphatic rings. The Hall–Kier alpha value is -4.66. The van der Waals surface area contributed by atoms with E-state index in [9.17, 15) is 14.4 Å². The molecule has 0 unspecified atom stereocenters. The van der Waals surface area contributed by atoms with E-state index in [2.05, 4.69) is 5.10 Å². The van der Waals surface area contributed by atoms with Gasteiger partial charge < -0.3 is 14.2 Å². The van der Waals surface area contributed by atoms with Crippen molar-refractivity contribution in [1.82, 2.24) is 9.91 Å². The highest BCUT2D eigenvalue weighted by atomic mass is 16.5. The Morgan fingerprint density at radius 1 is 0.925 bits per heavy atom. The zero-order valence-corrected chi connectivity index (χ0v) is 22.6. The largest absolute Gasteiger partial charge is 0.494 e. The maximum Gasteiger partial charge on any atom is 0.273 e. The van der Waals surface area contributed by atoms with Crippen molar-refractivity contribution in [1.29, 1.82) is 0 Å². The van der Waals surface area contributed by atoms with Crippen LogP contribution in [0.4, 0.5) is 0 Å². The summed E-state index contributed by atoms with van der Waals surface area (Å²) < 4.78 is 16.9. The van der Waals surface area contributed by atoms with Crippen LogP contribution in [-0.2, 0) is 0 Å². The molecule has 9 nitrogen and oxygen atoms in total. The number of fused-ring (bicyclic) bond motifs is 1. The van der Waals surface area contributed by atoms with Gasteiger partial charge in [-0.15, -0.1) is 0 Å². The highest BCUT2D eigenvalue weighted by Crippen LogP contribution is 2.30. The molecule has 0 radical (unpaired) electrons. The molecule has 0 aromatic heterocycles. The van der Waals surface area contributed by atoms with Crippen LogP contribution in [0.3, 0.4) is 0 Å². The van der Waals surface area contributed by atoms with Gasteiger partial charge in [0.1, 0.15) is 5.75 Å². The van der Waals surface area contributed by atoms with E-state index in [1.165, 1.54) is 9.91 Å². The lowest BCUT2D eigenvalue weighted by atomic mass is 10.0. The van der Waals surface area contributed by atoms with E-state index in [0.29, 0.717) is 60.1 Å². The summed E-state index contributed by atoms with van der Waals surface area (Å²) in [5.41, 5.74) is 3.11. The standard InChI is InChI=1S/C31H31N3O6/c1-3-39-28-20-22(13-16-27(28)38-2)26-10-6-18-34(32-26)29(35)21-11-14-23(15-12-21)40-19-7-17-33-30(36)24-8-4-5-9-25(24)31(33)37/h4-5,8-9,11-16,20H,3,6-7,10,17-19H2,1-2H3. The molecule has 0 fully saturated rings. The van der Waals surface area contributed by atoms with Gasteiger partial charge in [-0.2, -0.15) is 5.10 Å². The Balaban J connectivity index is 1.16. The van der Waals surface area contributed by atoms with Crippen LogP contribution in [0.1, 0.15) is 62.8 Å². The van der Waals surface area contributed by atoms with Crippen molar-refractivity contribution in [3.05, 3.63) is 89.0 Å². The van der Waals surface area contributed by atoms with Gasteiger partial charge in [0.15, 0.2) is 11.5 Å². The SMILES string of the molecule is CCOc1cc(C2=NN(C(=O)c3ccc(OCCCN4C(=O)c5ccccc5C4=O)cc3)CCC2)ccc1OC. The second kappa shape index (κ2) is 12.0. The third-order valence-corrected chi connectivity index (χ3v) is 6.83. The van der Waals surface area contributed by atoms with Gasteiger partial charge in [0.2, 0.25) is 0 Å². The number of rotatable bonds is 10. The fourth-order valence-electron chi connectivity index (χ4n) is 4.81. The van der Waals surface area contributed by atoms with Crippen LogP contribution in [0.15, 0.2) is 71.8 Å². The first-order valence-electron chi connectivity index (χ1n) is 13.4. The normalized spacial score (nSPS) is 14.6.